The molecule has 24 unspecified atom stereocenters. The summed E-state index contributed by atoms with van der Waals surface area (Å²) in [6, 6.07) is -2.92. The van der Waals surface area contributed by atoms with Crippen molar-refractivity contribution in [3.05, 3.63) is 0 Å². The molecule has 0 radical (unpaired) electrons. The minimum atomic E-state index is -2.10. The lowest BCUT2D eigenvalue weighted by Crippen LogP contribution is -2.68. The fourth-order valence-corrected chi connectivity index (χ4v) is 12.1. The smallest absolute Gasteiger partial charge is 0.249 e. The van der Waals surface area contributed by atoms with Crippen LogP contribution in [-0.2, 0) is 47.5 Å². The van der Waals surface area contributed by atoms with Gasteiger partial charge in [0.05, 0.1) is 44.7 Å². The van der Waals surface area contributed by atoms with E-state index in [1.54, 1.807) is 0 Å². The molecule has 524 valence electrons. The minimum absolute atomic E-state index is 0.124. The summed E-state index contributed by atoms with van der Waals surface area (Å²) < 4.78 is 47.1. The standard InChI is InChI=1S/C63H118N2O24/c1-5-7-9-11-13-15-17-18-19-20-21-22-23-25-27-29-31-33-42(70)59(81)65-40(48(72)41(69)32-30-28-26-24-16-14-12-10-8-6-2)36-82-63-58(54(78)49(73)43(34-66)86-63)89-62-56(80)53(77)50(74)45(87-62)37-83-60-46(64-39(4)68)57(51(75)44(35-67)85-60)88-61-55(79)52(76)47(71)38(3)84-61/h38,40-58,60-63,66-67,69-80H,5-37H2,1-4H3,(H,64,68)(H,65,81). The summed E-state index contributed by atoms with van der Waals surface area (Å²) in [6.07, 6.45) is -7.33. The number of aliphatic hydroxyl groups is 14. The molecule has 0 bridgehead atoms. The van der Waals surface area contributed by atoms with Gasteiger partial charge in [-0.25, -0.2) is 0 Å². The van der Waals surface area contributed by atoms with Gasteiger partial charge in [-0.05, 0) is 19.8 Å². The van der Waals surface area contributed by atoms with Crippen molar-refractivity contribution in [2.24, 2.45) is 0 Å². The Kier molecular flexibility index (Phi) is 39.2. The third-order valence-electron chi connectivity index (χ3n) is 17.8. The Bertz CT molecular complexity index is 1850. The van der Waals surface area contributed by atoms with Crippen molar-refractivity contribution in [1.29, 1.82) is 0 Å². The Morgan fingerprint density at radius 2 is 0.865 bits per heavy atom. The first-order valence-electron chi connectivity index (χ1n) is 33.8. The van der Waals surface area contributed by atoms with Gasteiger partial charge >= 0.3 is 0 Å². The fraction of sp³-hybridized carbons (Fsp3) is 0.968. The van der Waals surface area contributed by atoms with E-state index < -0.39 is 185 Å². The summed E-state index contributed by atoms with van der Waals surface area (Å²) >= 11 is 0. The number of hydrogen-bond acceptors (Lipinski definition) is 24. The lowest BCUT2D eigenvalue weighted by Gasteiger charge is -2.48. The second-order valence-corrected chi connectivity index (χ2v) is 25.3. The zero-order chi connectivity index (χ0) is 65.4. The maximum Gasteiger partial charge on any atom is 0.249 e. The largest absolute Gasteiger partial charge is 0.394 e. The van der Waals surface area contributed by atoms with Crippen molar-refractivity contribution in [2.45, 2.75) is 361 Å². The minimum Gasteiger partial charge on any atom is -0.394 e. The molecule has 4 aliphatic rings. The van der Waals surface area contributed by atoms with E-state index in [0.717, 1.165) is 64.7 Å². The molecule has 0 saturated carbocycles. The van der Waals surface area contributed by atoms with Gasteiger partial charge in [-0.3, -0.25) is 9.59 Å². The third kappa shape index (κ3) is 26.6. The molecule has 24 atom stereocenters. The topological polar surface area (TPSA) is 415 Å². The zero-order valence-corrected chi connectivity index (χ0v) is 53.5. The Hall–Kier alpha value is -1.94. The first-order chi connectivity index (χ1) is 42.7. The van der Waals surface area contributed by atoms with E-state index >= 15 is 0 Å². The van der Waals surface area contributed by atoms with Gasteiger partial charge in [0.1, 0.15) is 104 Å². The molecule has 4 rings (SSSR count). The highest BCUT2D eigenvalue weighted by Gasteiger charge is 2.54. The summed E-state index contributed by atoms with van der Waals surface area (Å²) in [4.78, 5) is 26.2. The van der Waals surface area contributed by atoms with Crippen LogP contribution in [0.3, 0.4) is 0 Å². The summed E-state index contributed by atoms with van der Waals surface area (Å²) in [6.45, 7) is 3.74. The van der Waals surface area contributed by atoms with Crippen LogP contribution >= 0.6 is 0 Å². The lowest BCUT2D eigenvalue weighted by molar-refractivity contribution is -0.373. The van der Waals surface area contributed by atoms with Crippen molar-refractivity contribution in [3.8, 4) is 0 Å². The Balaban J connectivity index is 1.42. The predicted molar refractivity (Wildman–Crippen MR) is 323 cm³/mol. The van der Waals surface area contributed by atoms with Crippen LogP contribution in [0.25, 0.3) is 0 Å². The van der Waals surface area contributed by atoms with Gasteiger partial charge in [-0.2, -0.15) is 0 Å². The highest BCUT2D eigenvalue weighted by Crippen LogP contribution is 2.34. The number of hydrogen-bond donors (Lipinski definition) is 16. The molecule has 0 aromatic rings. The second kappa shape index (κ2) is 43.9. The highest BCUT2D eigenvalue weighted by molar-refractivity contribution is 5.80. The molecular formula is C63H118N2O24. The van der Waals surface area contributed by atoms with Crippen LogP contribution in [0.2, 0.25) is 0 Å². The van der Waals surface area contributed by atoms with Crippen LogP contribution in [0.5, 0.6) is 0 Å². The summed E-state index contributed by atoms with van der Waals surface area (Å²) in [7, 11) is 0. The van der Waals surface area contributed by atoms with E-state index in [4.69, 9.17) is 37.9 Å². The van der Waals surface area contributed by atoms with E-state index in [9.17, 15) is 81.1 Å². The number of amides is 2. The van der Waals surface area contributed by atoms with Gasteiger partial charge in [0, 0.05) is 6.92 Å². The van der Waals surface area contributed by atoms with Crippen LogP contribution in [0.1, 0.15) is 214 Å². The molecule has 0 spiro atoms. The van der Waals surface area contributed by atoms with Crippen LogP contribution in [0.4, 0.5) is 0 Å². The normalized spacial score (nSPS) is 34.0. The van der Waals surface area contributed by atoms with Gasteiger partial charge in [0.2, 0.25) is 11.8 Å². The number of rotatable bonds is 46. The highest BCUT2D eigenvalue weighted by atomic mass is 16.8. The zero-order valence-electron chi connectivity index (χ0n) is 53.5. The quantitative estimate of drug-likeness (QED) is 0.0383. The van der Waals surface area contributed by atoms with E-state index in [0.29, 0.717) is 12.8 Å². The molecule has 89 heavy (non-hydrogen) atoms. The fourth-order valence-electron chi connectivity index (χ4n) is 12.1. The van der Waals surface area contributed by atoms with E-state index in [1.807, 2.05) is 0 Å². The van der Waals surface area contributed by atoms with Crippen molar-refractivity contribution in [2.75, 3.05) is 26.4 Å². The maximum absolute atomic E-state index is 13.7. The van der Waals surface area contributed by atoms with Crippen LogP contribution in [0.15, 0.2) is 0 Å². The van der Waals surface area contributed by atoms with E-state index in [2.05, 4.69) is 24.5 Å². The molecule has 2 amide bonds. The van der Waals surface area contributed by atoms with Crippen molar-refractivity contribution in [3.63, 3.8) is 0 Å². The van der Waals surface area contributed by atoms with Crippen molar-refractivity contribution < 1.29 is 119 Å². The molecule has 4 fully saturated rings. The number of aliphatic hydroxyl groups excluding tert-OH is 14. The van der Waals surface area contributed by atoms with Gasteiger partial charge < -0.3 is 120 Å². The molecule has 4 saturated heterocycles. The van der Waals surface area contributed by atoms with Gasteiger partial charge in [-0.15, -0.1) is 0 Å². The van der Waals surface area contributed by atoms with Gasteiger partial charge in [-0.1, -0.05) is 187 Å². The third-order valence-corrected chi connectivity index (χ3v) is 17.8. The molecule has 16 N–H and O–H groups in total. The first kappa shape index (κ1) is 79.5. The Labute approximate surface area is 527 Å². The first-order valence-corrected chi connectivity index (χ1v) is 33.8. The number of carbonyl (C=O) groups is 2. The molecule has 26 heteroatoms. The summed E-state index contributed by atoms with van der Waals surface area (Å²) in [5.41, 5.74) is 0. The number of carbonyl (C=O) groups excluding carboxylic acids is 2. The van der Waals surface area contributed by atoms with Gasteiger partial charge in [0.15, 0.2) is 25.2 Å². The average molecular weight is 1290 g/mol. The molecule has 26 nitrogen and oxygen atoms in total. The van der Waals surface area contributed by atoms with E-state index in [-0.39, 0.29) is 12.8 Å². The van der Waals surface area contributed by atoms with Crippen molar-refractivity contribution in [1.82, 2.24) is 10.6 Å². The lowest BCUT2D eigenvalue weighted by atomic mass is 9.95. The van der Waals surface area contributed by atoms with Gasteiger partial charge in [0.25, 0.3) is 0 Å². The molecule has 4 aliphatic heterocycles. The molecular weight excluding hydrogens is 1170 g/mol. The average Bonchev–Trinajstić information content (AvgIpc) is 1.01. The summed E-state index contributed by atoms with van der Waals surface area (Å²) in [5, 5.41) is 159. The number of ether oxygens (including phenoxy) is 8. The summed E-state index contributed by atoms with van der Waals surface area (Å²) in [5.74, 6) is -1.56. The molecule has 0 aliphatic carbocycles. The molecule has 0 aromatic carbocycles. The molecule has 0 aromatic heterocycles. The van der Waals surface area contributed by atoms with Crippen molar-refractivity contribution >= 4 is 11.8 Å². The van der Waals surface area contributed by atoms with E-state index in [1.165, 1.54) is 110 Å². The monoisotopic (exact) mass is 1290 g/mol. The Morgan fingerprint density at radius 1 is 0.449 bits per heavy atom. The SMILES string of the molecule is CCCCCCCCCCCCCCCCCCCC(O)C(=O)NC(COC1OC(CO)C(O)C(O)C1OC1OC(COC2OC(CO)C(O)C(OC3OC(C)C(O)C(O)C3O)C2NC(C)=O)C(O)C(O)C1O)C(O)C(O)CCCCCCCCCCCC. The molecule has 4 heterocycles. The number of nitrogens with one attached hydrogen (secondary N) is 2. The van der Waals surface area contributed by atoms with Crippen LogP contribution < -0.4 is 10.6 Å². The maximum atomic E-state index is 13.7. The Morgan fingerprint density at radius 3 is 1.36 bits per heavy atom. The second-order valence-electron chi connectivity index (χ2n) is 25.3. The van der Waals surface area contributed by atoms with Crippen LogP contribution in [-0.4, -0.2) is 257 Å². The number of unbranched alkanes of at least 4 members (excludes halogenated alkanes) is 25. The van der Waals surface area contributed by atoms with Crippen LogP contribution in [0, 0.1) is 0 Å². The predicted octanol–water partition coefficient (Wildman–Crippen LogP) is 1.37.